The van der Waals surface area contributed by atoms with Crippen molar-refractivity contribution in [2.75, 3.05) is 14.2 Å². The SMILES string of the molecule is C#CC[C@H](C(=O)OC)N(Cc1cccnc1)S(=O)(=O)c1ccc(OC)cc1. The molecule has 0 radical (unpaired) electrons. The number of nitrogens with zero attached hydrogens (tertiary/aromatic N) is 2. The Hall–Kier alpha value is -2.89. The van der Waals surface area contributed by atoms with E-state index in [0.29, 0.717) is 11.3 Å². The molecule has 8 heteroatoms. The van der Waals surface area contributed by atoms with Crippen LogP contribution in [0.4, 0.5) is 0 Å². The Bertz CT molecular complexity index is 905. The van der Waals surface area contributed by atoms with E-state index in [-0.39, 0.29) is 17.9 Å². The highest BCUT2D eigenvalue weighted by Gasteiger charge is 2.36. The van der Waals surface area contributed by atoms with E-state index in [2.05, 4.69) is 10.9 Å². The smallest absolute Gasteiger partial charge is 0.325 e. The van der Waals surface area contributed by atoms with Crippen LogP contribution in [0.1, 0.15) is 12.0 Å². The van der Waals surface area contributed by atoms with Crippen LogP contribution in [0.15, 0.2) is 53.7 Å². The van der Waals surface area contributed by atoms with E-state index in [4.69, 9.17) is 15.9 Å². The Morgan fingerprint density at radius 1 is 1.26 bits per heavy atom. The molecule has 1 aromatic carbocycles. The molecule has 0 spiro atoms. The van der Waals surface area contributed by atoms with Crippen LogP contribution < -0.4 is 4.74 Å². The minimum Gasteiger partial charge on any atom is -0.497 e. The minimum atomic E-state index is -4.05. The van der Waals surface area contributed by atoms with Crippen molar-refractivity contribution < 1.29 is 22.7 Å². The van der Waals surface area contributed by atoms with Crippen LogP contribution in [0.2, 0.25) is 0 Å². The first-order valence-corrected chi connectivity index (χ1v) is 9.44. The van der Waals surface area contributed by atoms with E-state index >= 15 is 0 Å². The summed E-state index contributed by atoms with van der Waals surface area (Å²) >= 11 is 0. The largest absolute Gasteiger partial charge is 0.497 e. The van der Waals surface area contributed by atoms with E-state index in [1.54, 1.807) is 18.3 Å². The number of terminal acetylenes is 1. The van der Waals surface area contributed by atoms with E-state index in [0.717, 1.165) is 4.31 Å². The van der Waals surface area contributed by atoms with E-state index < -0.39 is 22.0 Å². The number of aromatic nitrogens is 1. The van der Waals surface area contributed by atoms with Crippen molar-refractivity contribution in [3.63, 3.8) is 0 Å². The zero-order valence-electron chi connectivity index (χ0n) is 15.0. The molecule has 2 rings (SSSR count). The van der Waals surface area contributed by atoms with Crippen LogP contribution in [0.5, 0.6) is 5.75 Å². The quantitative estimate of drug-likeness (QED) is 0.507. The van der Waals surface area contributed by atoms with Crippen molar-refractivity contribution in [1.29, 1.82) is 0 Å². The molecule has 142 valence electrons. The Labute approximate surface area is 159 Å². The molecule has 1 atom stereocenters. The van der Waals surface area contributed by atoms with Crippen molar-refractivity contribution in [1.82, 2.24) is 9.29 Å². The lowest BCUT2D eigenvalue weighted by atomic mass is 10.2. The molecular formula is C19H20N2O5S. The predicted molar refractivity (Wildman–Crippen MR) is 99.2 cm³/mol. The fraction of sp³-hybridized carbons (Fsp3) is 0.263. The molecule has 1 aromatic heterocycles. The molecule has 0 aliphatic heterocycles. The lowest BCUT2D eigenvalue weighted by Crippen LogP contribution is -2.45. The molecule has 0 amide bonds. The van der Waals surface area contributed by atoms with Gasteiger partial charge in [-0.2, -0.15) is 4.31 Å². The van der Waals surface area contributed by atoms with Gasteiger partial charge >= 0.3 is 5.97 Å². The maximum atomic E-state index is 13.3. The number of carbonyl (C=O) groups excluding carboxylic acids is 1. The van der Waals surface area contributed by atoms with Gasteiger partial charge in [-0.3, -0.25) is 9.78 Å². The monoisotopic (exact) mass is 388 g/mol. The van der Waals surface area contributed by atoms with Gasteiger partial charge in [0.25, 0.3) is 0 Å². The molecule has 0 unspecified atom stereocenters. The summed E-state index contributed by atoms with van der Waals surface area (Å²) in [7, 11) is -1.37. The number of carbonyl (C=O) groups is 1. The van der Waals surface area contributed by atoms with Gasteiger partial charge in [-0.05, 0) is 35.9 Å². The lowest BCUT2D eigenvalue weighted by Gasteiger charge is -2.28. The van der Waals surface area contributed by atoms with Gasteiger partial charge < -0.3 is 9.47 Å². The summed E-state index contributed by atoms with van der Waals surface area (Å²) in [6.45, 7) is -0.0797. The molecule has 0 fully saturated rings. The lowest BCUT2D eigenvalue weighted by molar-refractivity contribution is -0.145. The van der Waals surface area contributed by atoms with Gasteiger partial charge in [0.15, 0.2) is 0 Å². The molecule has 7 nitrogen and oxygen atoms in total. The normalized spacial score (nSPS) is 12.2. The maximum Gasteiger partial charge on any atom is 0.325 e. The molecule has 0 aliphatic rings. The number of methoxy groups -OCH3 is 2. The molecule has 0 aliphatic carbocycles. The number of hydrogen-bond donors (Lipinski definition) is 0. The molecular weight excluding hydrogens is 368 g/mol. The fourth-order valence-electron chi connectivity index (χ4n) is 2.47. The minimum absolute atomic E-state index is 0.0121. The summed E-state index contributed by atoms with van der Waals surface area (Å²) in [5.74, 6) is 2.14. The van der Waals surface area contributed by atoms with Gasteiger partial charge in [-0.25, -0.2) is 8.42 Å². The Kier molecular flexibility index (Phi) is 6.93. The standard InChI is InChI=1S/C19H20N2O5S/c1-4-6-18(19(22)26-3)21(14-15-7-5-12-20-13-15)27(23,24)17-10-8-16(25-2)9-11-17/h1,5,7-13,18H,6,14H2,2-3H3/t18-/m1/s1. The predicted octanol–water partition coefficient (Wildman–Crippen LogP) is 1.85. The van der Waals surface area contributed by atoms with Crippen molar-refractivity contribution in [3.8, 4) is 18.1 Å². The van der Waals surface area contributed by atoms with Crippen LogP contribution in [-0.4, -0.2) is 43.9 Å². The second-order valence-corrected chi connectivity index (χ2v) is 7.42. The van der Waals surface area contributed by atoms with E-state index in [9.17, 15) is 13.2 Å². The number of ether oxygens (including phenoxy) is 2. The molecule has 27 heavy (non-hydrogen) atoms. The van der Waals surface area contributed by atoms with E-state index in [1.165, 1.54) is 44.7 Å². The fourth-order valence-corrected chi connectivity index (χ4v) is 4.03. The van der Waals surface area contributed by atoms with Gasteiger partial charge in [0.2, 0.25) is 10.0 Å². The van der Waals surface area contributed by atoms with Crippen molar-refractivity contribution in [2.24, 2.45) is 0 Å². The van der Waals surface area contributed by atoms with E-state index in [1.807, 2.05) is 0 Å². The summed E-state index contributed by atoms with van der Waals surface area (Å²) in [4.78, 5) is 16.3. The number of sulfonamides is 1. The molecule has 0 bridgehead atoms. The zero-order chi connectivity index (χ0) is 19.9. The number of hydrogen-bond acceptors (Lipinski definition) is 6. The van der Waals surface area contributed by atoms with Crippen molar-refractivity contribution in [2.45, 2.75) is 23.9 Å². The number of pyridine rings is 1. The highest BCUT2D eigenvalue weighted by molar-refractivity contribution is 7.89. The zero-order valence-corrected chi connectivity index (χ0v) is 15.8. The van der Waals surface area contributed by atoms with Crippen LogP contribution >= 0.6 is 0 Å². The summed E-state index contributed by atoms with van der Waals surface area (Å²) < 4.78 is 37.4. The van der Waals surface area contributed by atoms with Crippen LogP contribution in [0, 0.1) is 12.3 Å². The summed E-state index contributed by atoms with van der Waals surface area (Å²) in [5.41, 5.74) is 0.612. The molecule has 1 heterocycles. The average Bonchev–Trinajstić information content (AvgIpc) is 2.70. The van der Waals surface area contributed by atoms with Gasteiger partial charge in [0.1, 0.15) is 11.8 Å². The van der Waals surface area contributed by atoms with Crippen molar-refractivity contribution in [3.05, 3.63) is 54.4 Å². The third-order valence-electron chi connectivity index (χ3n) is 3.86. The molecule has 2 aromatic rings. The third kappa shape index (κ3) is 4.84. The highest BCUT2D eigenvalue weighted by atomic mass is 32.2. The van der Waals surface area contributed by atoms with Gasteiger partial charge in [0.05, 0.1) is 19.1 Å². The van der Waals surface area contributed by atoms with Crippen LogP contribution in [0.25, 0.3) is 0 Å². The van der Waals surface area contributed by atoms with Gasteiger partial charge in [0, 0.05) is 25.4 Å². The Morgan fingerprint density at radius 2 is 1.96 bits per heavy atom. The highest BCUT2D eigenvalue weighted by Crippen LogP contribution is 2.24. The average molecular weight is 388 g/mol. The van der Waals surface area contributed by atoms with Crippen molar-refractivity contribution >= 4 is 16.0 Å². The van der Waals surface area contributed by atoms with Crippen LogP contribution in [0.3, 0.4) is 0 Å². The number of rotatable bonds is 8. The first-order valence-electron chi connectivity index (χ1n) is 8.00. The first kappa shape index (κ1) is 20.4. The molecule has 0 N–H and O–H groups in total. The Balaban J connectivity index is 2.51. The van der Waals surface area contributed by atoms with Crippen LogP contribution in [-0.2, 0) is 26.1 Å². The van der Waals surface area contributed by atoms with Gasteiger partial charge in [-0.15, -0.1) is 12.3 Å². The second kappa shape index (κ2) is 9.16. The summed E-state index contributed by atoms with van der Waals surface area (Å²) in [6, 6.07) is 8.12. The summed E-state index contributed by atoms with van der Waals surface area (Å²) in [5, 5.41) is 0. The summed E-state index contributed by atoms with van der Waals surface area (Å²) in [6.07, 6.45) is 8.35. The topological polar surface area (TPSA) is 85.8 Å². The molecule has 0 saturated heterocycles. The maximum absolute atomic E-state index is 13.3. The third-order valence-corrected chi connectivity index (χ3v) is 5.73. The molecule has 0 saturated carbocycles. The number of esters is 1. The second-order valence-electron chi connectivity index (χ2n) is 5.53. The Morgan fingerprint density at radius 3 is 2.48 bits per heavy atom. The first-order chi connectivity index (χ1) is 12.9. The number of benzene rings is 1. The van der Waals surface area contributed by atoms with Gasteiger partial charge in [-0.1, -0.05) is 6.07 Å².